The van der Waals surface area contributed by atoms with Crippen LogP contribution in [0, 0.1) is 6.92 Å². The maximum atomic E-state index is 11.5. The average Bonchev–Trinajstić information content (AvgIpc) is 2.95. The van der Waals surface area contributed by atoms with Crippen LogP contribution in [0.25, 0.3) is 22.5 Å². The molecule has 3 aromatic heterocycles. The van der Waals surface area contributed by atoms with Crippen molar-refractivity contribution in [2.75, 3.05) is 0 Å². The van der Waals surface area contributed by atoms with Crippen LogP contribution in [-0.2, 0) is 0 Å². The van der Waals surface area contributed by atoms with E-state index in [-0.39, 0.29) is 16.6 Å². The molecule has 0 aliphatic rings. The molecule has 0 aromatic carbocycles. The Morgan fingerprint density at radius 3 is 2.79 bits per heavy atom. The number of hydrogen-bond donors (Lipinski definition) is 3. The fourth-order valence-corrected chi connectivity index (χ4v) is 1.91. The zero-order chi connectivity index (χ0) is 13.6. The summed E-state index contributed by atoms with van der Waals surface area (Å²) < 4.78 is 5.40. The second kappa shape index (κ2) is 3.84. The van der Waals surface area contributed by atoms with E-state index in [4.69, 9.17) is 4.42 Å². The van der Waals surface area contributed by atoms with E-state index >= 15 is 0 Å². The molecule has 0 amide bonds. The van der Waals surface area contributed by atoms with E-state index in [1.54, 1.807) is 19.1 Å². The van der Waals surface area contributed by atoms with Crippen LogP contribution in [0.15, 0.2) is 27.4 Å². The topological polar surface area (TPSA) is 112 Å². The first-order valence-electron chi connectivity index (χ1n) is 5.48. The summed E-state index contributed by atoms with van der Waals surface area (Å²) in [5.74, 6) is -0.0534. The Hall–Kier alpha value is -2.83. The predicted octanol–water partition coefficient (Wildman–Crippen LogP) is 1.52. The molecule has 96 valence electrons. The van der Waals surface area contributed by atoms with E-state index in [1.165, 1.54) is 6.07 Å². The standard InChI is InChI=1S/C12H9N3O4/c1-5-2-3-8(19-5)7-4-6(12(17)18)9-10(13-7)14-15-11(9)16/h2-4H,1H3,(H,17,18)(H2,13,14,15,16). The number of rotatable bonds is 2. The van der Waals surface area contributed by atoms with E-state index in [1.807, 2.05) is 0 Å². The van der Waals surface area contributed by atoms with Crippen molar-refractivity contribution in [3.05, 3.63) is 39.9 Å². The third kappa shape index (κ3) is 1.71. The maximum absolute atomic E-state index is 11.5. The lowest BCUT2D eigenvalue weighted by molar-refractivity contribution is 0.0699. The maximum Gasteiger partial charge on any atom is 0.336 e. The quantitative estimate of drug-likeness (QED) is 0.645. The number of fused-ring (bicyclic) bond motifs is 1. The number of aryl methyl sites for hydroxylation is 1. The van der Waals surface area contributed by atoms with Crippen LogP contribution in [-0.4, -0.2) is 26.3 Å². The summed E-state index contributed by atoms with van der Waals surface area (Å²) in [6.07, 6.45) is 0. The van der Waals surface area contributed by atoms with Gasteiger partial charge in [0.05, 0.1) is 10.9 Å². The zero-order valence-electron chi connectivity index (χ0n) is 9.85. The number of carboxylic acids is 1. The van der Waals surface area contributed by atoms with E-state index in [9.17, 15) is 14.7 Å². The number of aromatic nitrogens is 3. The molecule has 0 atom stereocenters. The SMILES string of the molecule is Cc1ccc(-c2cc(C(=O)O)c3c(=O)[nH][nH]c3n2)o1. The minimum absolute atomic E-state index is 0.0273. The number of nitrogens with one attached hydrogen (secondary N) is 2. The highest BCUT2D eigenvalue weighted by Gasteiger charge is 2.18. The molecule has 19 heavy (non-hydrogen) atoms. The molecule has 3 heterocycles. The molecule has 0 spiro atoms. The van der Waals surface area contributed by atoms with Crippen LogP contribution in [0.2, 0.25) is 0 Å². The van der Waals surface area contributed by atoms with Crippen molar-refractivity contribution in [2.24, 2.45) is 0 Å². The highest BCUT2D eigenvalue weighted by Crippen LogP contribution is 2.23. The van der Waals surface area contributed by atoms with Gasteiger partial charge in [-0.2, -0.15) is 0 Å². The minimum Gasteiger partial charge on any atom is -0.478 e. The average molecular weight is 259 g/mol. The first-order chi connectivity index (χ1) is 9.06. The lowest BCUT2D eigenvalue weighted by Crippen LogP contribution is -2.06. The molecule has 3 N–H and O–H groups in total. The number of carbonyl (C=O) groups is 1. The summed E-state index contributed by atoms with van der Waals surface area (Å²) >= 11 is 0. The summed E-state index contributed by atoms with van der Waals surface area (Å²) in [5, 5.41) is 14.1. The predicted molar refractivity (Wildman–Crippen MR) is 66.1 cm³/mol. The van der Waals surface area contributed by atoms with E-state index in [0.29, 0.717) is 17.2 Å². The first-order valence-corrected chi connectivity index (χ1v) is 5.48. The molecule has 3 rings (SSSR count). The number of H-pyrrole nitrogens is 2. The van der Waals surface area contributed by atoms with Crippen LogP contribution in [0.3, 0.4) is 0 Å². The Morgan fingerprint density at radius 1 is 1.37 bits per heavy atom. The van der Waals surface area contributed by atoms with Crippen molar-refractivity contribution < 1.29 is 14.3 Å². The smallest absolute Gasteiger partial charge is 0.336 e. The number of aromatic amines is 2. The highest BCUT2D eigenvalue weighted by molar-refractivity contribution is 6.02. The van der Waals surface area contributed by atoms with Gasteiger partial charge in [0.2, 0.25) is 0 Å². The van der Waals surface area contributed by atoms with Gasteiger partial charge in [-0.25, -0.2) is 9.78 Å². The lowest BCUT2D eigenvalue weighted by Gasteiger charge is -2.00. The molecule has 0 aliphatic heterocycles. The van der Waals surface area contributed by atoms with E-state index < -0.39 is 11.5 Å². The van der Waals surface area contributed by atoms with E-state index in [2.05, 4.69) is 15.2 Å². The number of nitrogens with zero attached hydrogens (tertiary/aromatic N) is 1. The third-order valence-corrected chi connectivity index (χ3v) is 2.76. The van der Waals surface area contributed by atoms with E-state index in [0.717, 1.165) is 0 Å². The van der Waals surface area contributed by atoms with Crippen molar-refractivity contribution in [3.63, 3.8) is 0 Å². The van der Waals surface area contributed by atoms with Gasteiger partial charge in [-0.15, -0.1) is 0 Å². The largest absolute Gasteiger partial charge is 0.478 e. The monoisotopic (exact) mass is 259 g/mol. The van der Waals surface area contributed by atoms with Crippen molar-refractivity contribution in [3.8, 4) is 11.5 Å². The Kier molecular flexibility index (Phi) is 2.28. The van der Waals surface area contributed by atoms with Gasteiger partial charge in [0.1, 0.15) is 11.5 Å². The molecule has 7 heteroatoms. The third-order valence-electron chi connectivity index (χ3n) is 2.76. The summed E-state index contributed by atoms with van der Waals surface area (Å²) in [6, 6.07) is 4.77. The summed E-state index contributed by atoms with van der Waals surface area (Å²) in [7, 11) is 0. The van der Waals surface area contributed by atoms with Gasteiger partial charge in [0, 0.05) is 0 Å². The van der Waals surface area contributed by atoms with Crippen LogP contribution in [0.1, 0.15) is 16.1 Å². The van der Waals surface area contributed by atoms with Crippen molar-refractivity contribution >= 4 is 17.0 Å². The van der Waals surface area contributed by atoms with Gasteiger partial charge < -0.3 is 9.52 Å². The molecule has 0 fully saturated rings. The second-order valence-electron chi connectivity index (χ2n) is 4.07. The molecule has 7 nitrogen and oxygen atoms in total. The van der Waals surface area contributed by atoms with Crippen LogP contribution in [0.5, 0.6) is 0 Å². The van der Waals surface area contributed by atoms with Crippen LogP contribution in [0.4, 0.5) is 0 Å². The summed E-state index contributed by atoms with van der Waals surface area (Å²) in [6.45, 7) is 1.78. The summed E-state index contributed by atoms with van der Waals surface area (Å²) in [4.78, 5) is 26.9. The van der Waals surface area contributed by atoms with Crippen LogP contribution >= 0.6 is 0 Å². The number of hydrogen-bond acceptors (Lipinski definition) is 4. The molecule has 0 unspecified atom stereocenters. The Morgan fingerprint density at radius 2 is 2.16 bits per heavy atom. The van der Waals surface area contributed by atoms with Gasteiger partial charge in [0.25, 0.3) is 5.56 Å². The Balaban J connectivity index is 2.34. The normalized spacial score (nSPS) is 11.0. The lowest BCUT2D eigenvalue weighted by atomic mass is 10.1. The molecular weight excluding hydrogens is 250 g/mol. The number of pyridine rings is 1. The fraction of sp³-hybridized carbons (Fsp3) is 0.0833. The molecule has 0 aliphatic carbocycles. The Labute approximate surface area is 105 Å². The first kappa shape index (κ1) is 11.3. The molecule has 0 saturated heterocycles. The van der Waals surface area contributed by atoms with Crippen molar-refractivity contribution in [1.29, 1.82) is 0 Å². The Bertz CT molecular complexity index is 840. The highest BCUT2D eigenvalue weighted by atomic mass is 16.4. The van der Waals surface area contributed by atoms with Crippen LogP contribution < -0.4 is 5.56 Å². The zero-order valence-corrected chi connectivity index (χ0v) is 9.85. The molecule has 3 aromatic rings. The van der Waals surface area contributed by atoms with Gasteiger partial charge >= 0.3 is 5.97 Å². The molecule has 0 radical (unpaired) electrons. The van der Waals surface area contributed by atoms with Crippen molar-refractivity contribution in [2.45, 2.75) is 6.92 Å². The number of furan rings is 1. The summed E-state index contributed by atoms with van der Waals surface area (Å²) in [5.41, 5.74) is -0.0826. The molecular formula is C12H9N3O4. The minimum atomic E-state index is -1.19. The molecule has 0 bridgehead atoms. The van der Waals surface area contributed by atoms with Gasteiger partial charge in [0.15, 0.2) is 11.4 Å². The molecule has 0 saturated carbocycles. The number of carboxylic acid groups (broad SMARTS) is 1. The fourth-order valence-electron chi connectivity index (χ4n) is 1.91. The number of aromatic carboxylic acids is 1. The van der Waals surface area contributed by atoms with Gasteiger partial charge in [-0.3, -0.25) is 15.0 Å². The van der Waals surface area contributed by atoms with Crippen molar-refractivity contribution in [1.82, 2.24) is 15.2 Å². The second-order valence-corrected chi connectivity index (χ2v) is 4.07. The van der Waals surface area contributed by atoms with Gasteiger partial charge in [-0.1, -0.05) is 0 Å². The van der Waals surface area contributed by atoms with Gasteiger partial charge in [-0.05, 0) is 25.1 Å².